The van der Waals surface area contributed by atoms with Gasteiger partial charge < -0.3 is 19.3 Å². The predicted octanol–water partition coefficient (Wildman–Crippen LogP) is 2.48. The molecule has 0 amide bonds. The van der Waals surface area contributed by atoms with Gasteiger partial charge in [-0.2, -0.15) is 0 Å². The van der Waals surface area contributed by atoms with Crippen molar-refractivity contribution in [3.8, 4) is 11.5 Å². The summed E-state index contributed by atoms with van der Waals surface area (Å²) in [5.41, 5.74) is 1.60. The fourth-order valence-corrected chi connectivity index (χ4v) is 6.25. The van der Waals surface area contributed by atoms with Crippen molar-refractivity contribution >= 4 is 38.5 Å². The van der Waals surface area contributed by atoms with Gasteiger partial charge in [-0.05, 0) is 36.5 Å². The molecule has 6 nitrogen and oxygen atoms in total. The lowest BCUT2D eigenvalue weighted by molar-refractivity contribution is 0.403. The Hall–Kier alpha value is -2.32. The number of nitrogens with zero attached hydrogens (tertiary/aromatic N) is 2. The molecule has 2 fully saturated rings. The van der Waals surface area contributed by atoms with E-state index < -0.39 is 9.84 Å². The molecule has 0 radical (unpaired) electrons. The maximum atomic E-state index is 12.4. The average molecular weight is 405 g/mol. The number of hydrogen-bond donors (Lipinski definition) is 0. The lowest BCUT2D eigenvalue weighted by Gasteiger charge is -2.27. The first-order chi connectivity index (χ1) is 12.9. The Morgan fingerprint density at radius 1 is 0.963 bits per heavy atom. The van der Waals surface area contributed by atoms with E-state index in [9.17, 15) is 8.42 Å². The first kappa shape index (κ1) is 18.1. The molecule has 0 aromatic heterocycles. The molecule has 142 valence electrons. The van der Waals surface area contributed by atoms with E-state index in [0.717, 1.165) is 5.69 Å². The van der Waals surface area contributed by atoms with Crippen molar-refractivity contribution in [2.75, 3.05) is 35.5 Å². The third kappa shape index (κ3) is 3.02. The highest BCUT2D eigenvalue weighted by Gasteiger charge is 2.53. The molecule has 4 rings (SSSR count). The van der Waals surface area contributed by atoms with Crippen LogP contribution in [0.25, 0.3) is 0 Å². The van der Waals surface area contributed by atoms with Gasteiger partial charge in [-0.25, -0.2) is 8.42 Å². The maximum absolute atomic E-state index is 12.4. The topological polar surface area (TPSA) is 59.1 Å². The Balaban J connectivity index is 1.85. The van der Waals surface area contributed by atoms with Gasteiger partial charge in [-0.1, -0.05) is 18.2 Å². The minimum absolute atomic E-state index is 0.0570. The van der Waals surface area contributed by atoms with Crippen LogP contribution in [-0.4, -0.2) is 51.3 Å². The van der Waals surface area contributed by atoms with E-state index in [1.54, 1.807) is 26.4 Å². The normalized spacial score (nSPS) is 23.4. The summed E-state index contributed by atoms with van der Waals surface area (Å²) in [6, 6.07) is 14.6. The minimum atomic E-state index is -3.16. The molecule has 0 N–H and O–H groups in total. The Labute approximate surface area is 164 Å². The average Bonchev–Trinajstić information content (AvgIpc) is 3.10. The molecule has 2 aliphatic rings. The van der Waals surface area contributed by atoms with Crippen molar-refractivity contribution < 1.29 is 17.9 Å². The SMILES string of the molecule is COc1ccc(OC)c(N2C(=S)N(c3ccccc3)[C@@H]3CS(=O)(=O)C[C@@H]32)c1. The molecule has 0 aliphatic carbocycles. The maximum Gasteiger partial charge on any atom is 0.181 e. The summed E-state index contributed by atoms with van der Waals surface area (Å²) in [5.74, 6) is 1.41. The van der Waals surface area contributed by atoms with Gasteiger partial charge in [0.2, 0.25) is 0 Å². The van der Waals surface area contributed by atoms with Crippen molar-refractivity contribution in [1.29, 1.82) is 0 Å². The lowest BCUT2D eigenvalue weighted by Crippen LogP contribution is -2.37. The molecule has 2 aromatic carbocycles. The van der Waals surface area contributed by atoms with Crippen molar-refractivity contribution in [3.05, 3.63) is 48.5 Å². The van der Waals surface area contributed by atoms with E-state index in [-0.39, 0.29) is 23.6 Å². The number of methoxy groups -OCH3 is 2. The highest BCUT2D eigenvalue weighted by atomic mass is 32.2. The van der Waals surface area contributed by atoms with E-state index in [1.165, 1.54) is 0 Å². The van der Waals surface area contributed by atoms with Gasteiger partial charge in [0.25, 0.3) is 0 Å². The highest BCUT2D eigenvalue weighted by molar-refractivity contribution is 7.91. The second-order valence-electron chi connectivity index (χ2n) is 6.61. The third-order valence-corrected chi connectivity index (χ3v) is 7.14. The number of ether oxygens (including phenoxy) is 2. The monoisotopic (exact) mass is 404 g/mol. The van der Waals surface area contributed by atoms with Crippen LogP contribution in [0.3, 0.4) is 0 Å². The molecule has 0 unspecified atom stereocenters. The number of para-hydroxylation sites is 1. The quantitative estimate of drug-likeness (QED) is 0.726. The van der Waals surface area contributed by atoms with Crippen LogP contribution in [0, 0.1) is 0 Å². The fraction of sp³-hybridized carbons (Fsp3) is 0.316. The zero-order chi connectivity index (χ0) is 19.2. The fourth-order valence-electron chi connectivity index (χ4n) is 3.86. The number of hydrogen-bond acceptors (Lipinski definition) is 5. The first-order valence-corrected chi connectivity index (χ1v) is 10.8. The van der Waals surface area contributed by atoms with Gasteiger partial charge in [-0.3, -0.25) is 0 Å². The molecule has 0 saturated carbocycles. The zero-order valence-corrected chi connectivity index (χ0v) is 16.7. The van der Waals surface area contributed by atoms with Gasteiger partial charge in [0.1, 0.15) is 11.5 Å². The highest BCUT2D eigenvalue weighted by Crippen LogP contribution is 2.42. The summed E-state index contributed by atoms with van der Waals surface area (Å²) in [7, 11) is 0.0148. The molecule has 27 heavy (non-hydrogen) atoms. The Morgan fingerprint density at radius 2 is 1.63 bits per heavy atom. The van der Waals surface area contributed by atoms with Crippen LogP contribution in [0.15, 0.2) is 48.5 Å². The largest absolute Gasteiger partial charge is 0.497 e. The summed E-state index contributed by atoms with van der Waals surface area (Å²) in [4.78, 5) is 3.85. The van der Waals surface area contributed by atoms with Crippen LogP contribution in [0.4, 0.5) is 11.4 Å². The number of anilines is 2. The number of benzene rings is 2. The molecule has 0 spiro atoms. The molecule has 2 saturated heterocycles. The predicted molar refractivity (Wildman–Crippen MR) is 110 cm³/mol. The van der Waals surface area contributed by atoms with Gasteiger partial charge in [0.05, 0.1) is 43.5 Å². The van der Waals surface area contributed by atoms with Crippen molar-refractivity contribution in [2.45, 2.75) is 12.1 Å². The summed E-state index contributed by atoms with van der Waals surface area (Å²) in [6.07, 6.45) is 0. The van der Waals surface area contributed by atoms with Crippen LogP contribution >= 0.6 is 12.2 Å². The van der Waals surface area contributed by atoms with Gasteiger partial charge in [0, 0.05) is 11.8 Å². The van der Waals surface area contributed by atoms with Gasteiger partial charge in [-0.15, -0.1) is 0 Å². The van der Waals surface area contributed by atoms with E-state index in [1.807, 2.05) is 46.2 Å². The van der Waals surface area contributed by atoms with Crippen LogP contribution in [0.2, 0.25) is 0 Å². The molecular weight excluding hydrogens is 384 g/mol. The molecule has 2 heterocycles. The summed E-state index contributed by atoms with van der Waals surface area (Å²) in [5, 5.41) is 0.567. The lowest BCUT2D eigenvalue weighted by atomic mass is 10.1. The van der Waals surface area contributed by atoms with E-state index >= 15 is 0 Å². The standard InChI is InChI=1S/C19H20N2O4S2/c1-24-14-8-9-18(25-2)15(10-14)21-17-12-27(22,23)11-16(17)20(19(21)26)13-6-4-3-5-7-13/h3-10,16-17H,11-12H2,1-2H3/t16-,17+/m1/s1. The number of thiocarbonyl (C=S) groups is 1. The second kappa shape index (κ2) is 6.69. The third-order valence-electron chi connectivity index (χ3n) is 5.05. The van der Waals surface area contributed by atoms with Crippen LogP contribution in [0.1, 0.15) is 0 Å². The zero-order valence-electron chi connectivity index (χ0n) is 15.0. The molecule has 2 aliphatic heterocycles. The minimum Gasteiger partial charge on any atom is -0.497 e. The summed E-state index contributed by atoms with van der Waals surface area (Å²) < 4.78 is 35.7. The first-order valence-electron chi connectivity index (χ1n) is 8.55. The Bertz CT molecular complexity index is 978. The Morgan fingerprint density at radius 3 is 2.26 bits per heavy atom. The van der Waals surface area contributed by atoms with Crippen LogP contribution in [0.5, 0.6) is 11.5 Å². The molecule has 2 aromatic rings. The number of rotatable bonds is 4. The summed E-state index contributed by atoms with van der Waals surface area (Å²) in [6.45, 7) is 0. The van der Waals surface area contributed by atoms with Crippen LogP contribution < -0.4 is 19.3 Å². The number of fused-ring (bicyclic) bond motifs is 1. The van der Waals surface area contributed by atoms with Crippen molar-refractivity contribution in [3.63, 3.8) is 0 Å². The van der Waals surface area contributed by atoms with E-state index in [4.69, 9.17) is 21.7 Å². The van der Waals surface area contributed by atoms with E-state index in [0.29, 0.717) is 22.3 Å². The number of sulfone groups is 1. The Kier molecular flexibility index (Phi) is 4.47. The van der Waals surface area contributed by atoms with Gasteiger partial charge >= 0.3 is 0 Å². The molecule has 0 bridgehead atoms. The molecule has 8 heteroatoms. The van der Waals surface area contributed by atoms with E-state index in [2.05, 4.69) is 0 Å². The molecule has 2 atom stereocenters. The van der Waals surface area contributed by atoms with Gasteiger partial charge in [0.15, 0.2) is 14.9 Å². The summed E-state index contributed by atoms with van der Waals surface area (Å²) >= 11 is 5.80. The van der Waals surface area contributed by atoms with Crippen molar-refractivity contribution in [1.82, 2.24) is 0 Å². The van der Waals surface area contributed by atoms with Crippen molar-refractivity contribution in [2.24, 2.45) is 0 Å². The smallest absolute Gasteiger partial charge is 0.181 e. The van der Waals surface area contributed by atoms with Crippen LogP contribution in [-0.2, 0) is 9.84 Å². The molecular formula is C19H20N2O4S2. The second-order valence-corrected chi connectivity index (χ2v) is 9.13.